The number of nitrogens with zero attached hydrogens (tertiary/aromatic N) is 5. The van der Waals surface area contributed by atoms with E-state index in [0.717, 1.165) is 0 Å². The highest BCUT2D eigenvalue weighted by Gasteiger charge is 2.36. The monoisotopic (exact) mass is 542 g/mol. The number of benzene rings is 1. The lowest BCUT2D eigenvalue weighted by Crippen LogP contribution is -2.51. The number of nitrogens with one attached hydrogen (secondary N) is 1. The summed E-state index contributed by atoms with van der Waals surface area (Å²) in [4.78, 5) is 58.2. The van der Waals surface area contributed by atoms with Crippen LogP contribution in [0.5, 0.6) is 0 Å². The van der Waals surface area contributed by atoms with Gasteiger partial charge in [-0.25, -0.2) is 14.2 Å². The number of esters is 1. The molecule has 0 aliphatic carbocycles. The molecule has 2 aromatic rings. The number of hydrogen-bond donors (Lipinski definition) is 1. The number of carbonyl (C=O) groups is 4. The van der Waals surface area contributed by atoms with Crippen LogP contribution in [-0.2, 0) is 23.9 Å². The Balaban J connectivity index is 1.34. The van der Waals surface area contributed by atoms with Gasteiger partial charge in [0.25, 0.3) is 0 Å². The first-order chi connectivity index (χ1) is 18.7. The second kappa shape index (κ2) is 12.1. The molecule has 2 fully saturated rings. The van der Waals surface area contributed by atoms with Crippen LogP contribution in [0.3, 0.4) is 0 Å². The molecule has 4 rings (SSSR count). The molecule has 39 heavy (non-hydrogen) atoms. The van der Waals surface area contributed by atoms with Crippen LogP contribution >= 0.6 is 0 Å². The van der Waals surface area contributed by atoms with E-state index in [1.807, 2.05) is 4.90 Å². The van der Waals surface area contributed by atoms with E-state index in [9.17, 15) is 19.2 Å². The second-order valence-electron chi connectivity index (χ2n) is 9.20. The predicted octanol–water partition coefficient (Wildman–Crippen LogP) is 1.06. The minimum atomic E-state index is -0.738. The largest absolute Gasteiger partial charge is 0.468 e. The van der Waals surface area contributed by atoms with E-state index in [1.165, 1.54) is 36.9 Å². The molecule has 2 aliphatic rings. The first kappa shape index (κ1) is 27.8. The smallest absolute Gasteiger partial charge is 0.416 e. The third kappa shape index (κ3) is 6.42. The van der Waals surface area contributed by atoms with Gasteiger partial charge in [-0.05, 0) is 30.3 Å². The van der Waals surface area contributed by atoms with Gasteiger partial charge in [-0.3, -0.25) is 24.6 Å². The van der Waals surface area contributed by atoms with Gasteiger partial charge in [0, 0.05) is 57.5 Å². The zero-order valence-corrected chi connectivity index (χ0v) is 22.1. The molecule has 3 amide bonds. The predicted molar refractivity (Wildman–Crippen MR) is 139 cm³/mol. The molecule has 0 unspecified atom stereocenters. The quantitative estimate of drug-likeness (QED) is 0.488. The molecule has 0 spiro atoms. The third-order valence-corrected chi connectivity index (χ3v) is 6.78. The van der Waals surface area contributed by atoms with Crippen LogP contribution in [0.1, 0.15) is 6.92 Å². The summed E-state index contributed by atoms with van der Waals surface area (Å²) in [7, 11) is 2.83. The zero-order chi connectivity index (χ0) is 28.1. The minimum absolute atomic E-state index is 0.0220. The standard InChI is InChI=1S/C26H31FN6O6/c1-17(34)30(2)24-16-33(26(37)39-24)19-5-6-20(21(27)12-19)18-4-7-22(29-13-18)31-8-10-32(11-9-31)23(35)14-28-15-25(36)38-3/h4-7,12-13,24,28H,8-11,14-16H2,1-3H3/t24-/m0/s1. The summed E-state index contributed by atoms with van der Waals surface area (Å²) in [6.07, 6.45) is 0.201. The summed E-state index contributed by atoms with van der Waals surface area (Å²) in [6, 6.07) is 8.04. The number of methoxy groups -OCH3 is 1. The van der Waals surface area contributed by atoms with Crippen molar-refractivity contribution in [3.8, 4) is 11.1 Å². The van der Waals surface area contributed by atoms with Crippen LogP contribution in [0.25, 0.3) is 11.1 Å². The van der Waals surface area contributed by atoms with Crippen LogP contribution in [0.15, 0.2) is 36.5 Å². The Morgan fingerprint density at radius 1 is 1.15 bits per heavy atom. The normalized spacial score (nSPS) is 17.2. The maximum atomic E-state index is 15.1. The van der Waals surface area contributed by atoms with Gasteiger partial charge in [-0.1, -0.05) is 0 Å². The number of pyridine rings is 1. The molecule has 3 heterocycles. The van der Waals surface area contributed by atoms with E-state index in [-0.39, 0.29) is 31.4 Å². The van der Waals surface area contributed by atoms with Gasteiger partial charge >= 0.3 is 12.1 Å². The molecule has 208 valence electrons. The fourth-order valence-electron chi connectivity index (χ4n) is 4.34. The van der Waals surface area contributed by atoms with Crippen molar-refractivity contribution in [3.05, 3.63) is 42.3 Å². The molecule has 1 N–H and O–H groups in total. The number of carbonyl (C=O) groups excluding carboxylic acids is 4. The van der Waals surface area contributed by atoms with E-state index in [2.05, 4.69) is 15.0 Å². The minimum Gasteiger partial charge on any atom is -0.468 e. The Hall–Kier alpha value is -4.26. The van der Waals surface area contributed by atoms with E-state index in [0.29, 0.717) is 48.8 Å². The molecule has 2 aliphatic heterocycles. The number of halogens is 1. The van der Waals surface area contributed by atoms with Gasteiger partial charge in [-0.2, -0.15) is 0 Å². The number of cyclic esters (lactones) is 1. The molecular weight excluding hydrogens is 511 g/mol. The lowest BCUT2D eigenvalue weighted by atomic mass is 10.1. The average molecular weight is 543 g/mol. The number of rotatable bonds is 8. The maximum Gasteiger partial charge on any atom is 0.416 e. The summed E-state index contributed by atoms with van der Waals surface area (Å²) in [5.41, 5.74) is 1.24. The van der Waals surface area contributed by atoms with Crippen molar-refractivity contribution in [1.29, 1.82) is 0 Å². The molecule has 1 aromatic heterocycles. The topological polar surface area (TPSA) is 125 Å². The number of amides is 3. The Morgan fingerprint density at radius 3 is 2.51 bits per heavy atom. The Morgan fingerprint density at radius 2 is 1.90 bits per heavy atom. The van der Waals surface area contributed by atoms with Gasteiger partial charge in [-0.15, -0.1) is 0 Å². The number of likely N-dealkylation sites (N-methyl/N-ethyl adjacent to an activating group) is 1. The van der Waals surface area contributed by atoms with Crippen molar-refractivity contribution in [3.63, 3.8) is 0 Å². The van der Waals surface area contributed by atoms with Crippen LogP contribution in [-0.4, -0.2) is 105 Å². The van der Waals surface area contributed by atoms with E-state index in [4.69, 9.17) is 4.74 Å². The van der Waals surface area contributed by atoms with E-state index in [1.54, 1.807) is 35.4 Å². The summed E-state index contributed by atoms with van der Waals surface area (Å²) in [5.74, 6) is -0.573. The lowest BCUT2D eigenvalue weighted by molar-refractivity contribution is -0.139. The fraction of sp³-hybridized carbons (Fsp3) is 0.423. The van der Waals surface area contributed by atoms with Gasteiger partial charge in [0.2, 0.25) is 11.8 Å². The van der Waals surface area contributed by atoms with Gasteiger partial charge in [0.15, 0.2) is 6.23 Å². The number of anilines is 2. The van der Waals surface area contributed by atoms with Gasteiger partial charge in [0.05, 0.1) is 32.4 Å². The molecule has 0 bridgehead atoms. The molecule has 1 atom stereocenters. The Labute approximate surface area is 225 Å². The molecule has 0 radical (unpaired) electrons. The van der Waals surface area contributed by atoms with E-state index >= 15 is 4.39 Å². The van der Waals surface area contributed by atoms with Crippen molar-refractivity contribution in [1.82, 2.24) is 20.1 Å². The summed E-state index contributed by atoms with van der Waals surface area (Å²) in [6.45, 7) is 3.72. The molecule has 12 nitrogen and oxygen atoms in total. The van der Waals surface area contributed by atoms with Crippen molar-refractivity contribution in [2.24, 2.45) is 0 Å². The highest BCUT2D eigenvalue weighted by Crippen LogP contribution is 2.30. The molecular formula is C26H31FN6O6. The number of aromatic nitrogens is 1. The van der Waals surface area contributed by atoms with Crippen molar-refractivity contribution in [2.45, 2.75) is 13.2 Å². The third-order valence-electron chi connectivity index (χ3n) is 6.78. The molecule has 13 heteroatoms. The summed E-state index contributed by atoms with van der Waals surface area (Å²) in [5, 5.41) is 2.77. The van der Waals surface area contributed by atoms with Crippen LogP contribution in [0, 0.1) is 5.82 Å². The van der Waals surface area contributed by atoms with Gasteiger partial charge < -0.3 is 24.2 Å². The fourth-order valence-corrected chi connectivity index (χ4v) is 4.34. The summed E-state index contributed by atoms with van der Waals surface area (Å²) >= 11 is 0. The number of ether oxygens (including phenoxy) is 2. The Kier molecular flexibility index (Phi) is 8.59. The van der Waals surface area contributed by atoms with Crippen molar-refractivity contribution >= 4 is 35.4 Å². The zero-order valence-electron chi connectivity index (χ0n) is 22.1. The van der Waals surface area contributed by atoms with Crippen molar-refractivity contribution < 1.29 is 33.0 Å². The first-order valence-electron chi connectivity index (χ1n) is 12.5. The molecule has 2 saturated heterocycles. The first-order valence-corrected chi connectivity index (χ1v) is 12.5. The van der Waals surface area contributed by atoms with Crippen LogP contribution in [0.4, 0.5) is 20.7 Å². The number of hydrogen-bond acceptors (Lipinski definition) is 9. The summed E-state index contributed by atoms with van der Waals surface area (Å²) < 4.78 is 24.9. The highest BCUT2D eigenvalue weighted by molar-refractivity contribution is 5.90. The SMILES string of the molecule is COC(=O)CNCC(=O)N1CCN(c2ccc(-c3ccc(N4C[C@@H](N(C)C(C)=O)OC4=O)cc3F)cn2)CC1. The molecule has 1 aromatic carbocycles. The molecule has 0 saturated carbocycles. The van der Waals surface area contributed by atoms with Crippen molar-refractivity contribution in [2.75, 3.05) is 69.8 Å². The lowest BCUT2D eigenvalue weighted by Gasteiger charge is -2.35. The van der Waals surface area contributed by atoms with Crippen LogP contribution in [0.2, 0.25) is 0 Å². The number of piperazine rings is 1. The highest BCUT2D eigenvalue weighted by atomic mass is 19.1. The van der Waals surface area contributed by atoms with E-state index < -0.39 is 24.1 Å². The maximum absolute atomic E-state index is 15.1. The second-order valence-corrected chi connectivity index (χ2v) is 9.20. The van der Waals surface area contributed by atoms with Crippen LogP contribution < -0.4 is 15.1 Å². The van der Waals surface area contributed by atoms with Gasteiger partial charge in [0.1, 0.15) is 11.6 Å². The average Bonchev–Trinajstić information content (AvgIpc) is 3.33. The Bertz CT molecular complexity index is 1230.